The first-order valence-electron chi connectivity index (χ1n) is 11.2. The van der Waals surface area contributed by atoms with E-state index in [1.54, 1.807) is 54.6 Å². The molecule has 1 aliphatic heterocycles. The van der Waals surface area contributed by atoms with E-state index in [4.69, 9.17) is 16.3 Å². The van der Waals surface area contributed by atoms with Crippen LogP contribution in [-0.2, 0) is 6.61 Å². The molecule has 0 atom stereocenters. The molecule has 0 spiro atoms. The van der Waals surface area contributed by atoms with Crippen molar-refractivity contribution >= 4 is 34.9 Å². The van der Waals surface area contributed by atoms with Crippen LogP contribution >= 0.6 is 11.6 Å². The first-order chi connectivity index (χ1) is 16.9. The number of anilines is 2. The summed E-state index contributed by atoms with van der Waals surface area (Å²) in [6.07, 6.45) is 0. The maximum Gasteiger partial charge on any atom is 0.323 e. The van der Waals surface area contributed by atoms with E-state index in [-0.39, 0.29) is 18.3 Å². The molecular weight excluding hydrogens is 471 g/mol. The van der Waals surface area contributed by atoms with Crippen molar-refractivity contribution in [3.05, 3.63) is 88.7 Å². The van der Waals surface area contributed by atoms with Gasteiger partial charge < -0.3 is 25.2 Å². The van der Waals surface area contributed by atoms with Gasteiger partial charge in [0.05, 0.1) is 5.02 Å². The third kappa shape index (κ3) is 6.71. The number of nitrogens with zero attached hydrogens (tertiary/aromatic N) is 2. The number of ether oxygens (including phenoxy) is 1. The number of hydrogen-bond acceptors (Lipinski definition) is 4. The predicted molar refractivity (Wildman–Crippen MR) is 135 cm³/mol. The number of carbonyl (C=O) groups excluding carboxylic acids is 2. The second-order valence-corrected chi connectivity index (χ2v) is 8.72. The van der Waals surface area contributed by atoms with Crippen molar-refractivity contribution in [2.75, 3.05) is 43.9 Å². The van der Waals surface area contributed by atoms with Gasteiger partial charge in [-0.2, -0.15) is 0 Å². The van der Waals surface area contributed by atoms with Crippen molar-refractivity contribution in [1.29, 1.82) is 0 Å². The lowest BCUT2D eigenvalue weighted by atomic mass is 10.1. The van der Waals surface area contributed by atoms with Gasteiger partial charge in [-0.25, -0.2) is 9.18 Å². The molecule has 1 fully saturated rings. The number of halogens is 2. The van der Waals surface area contributed by atoms with Gasteiger partial charge in [0.25, 0.3) is 5.91 Å². The lowest BCUT2D eigenvalue weighted by molar-refractivity contribution is 0.0664. The molecule has 3 aromatic carbocycles. The highest BCUT2D eigenvalue weighted by Crippen LogP contribution is 2.28. The molecule has 0 bridgehead atoms. The molecule has 0 unspecified atom stereocenters. The Bertz CT molecular complexity index is 1200. The summed E-state index contributed by atoms with van der Waals surface area (Å²) in [7, 11) is 2.04. The summed E-state index contributed by atoms with van der Waals surface area (Å²) in [4.78, 5) is 29.1. The van der Waals surface area contributed by atoms with Crippen molar-refractivity contribution in [3.63, 3.8) is 0 Å². The van der Waals surface area contributed by atoms with Crippen LogP contribution in [0, 0.1) is 5.82 Å². The highest BCUT2D eigenvalue weighted by molar-refractivity contribution is 6.32. The third-order valence-corrected chi connectivity index (χ3v) is 5.95. The standard InChI is InChI=1S/C26H26ClFN4O3/c1-31-11-13-32(14-12-31)25(33)19-5-7-21(8-6-19)29-26(34)30-22-9-10-24(23(27)16-22)35-17-18-3-2-4-20(28)15-18/h2-10,15-16H,11-14,17H2,1H3,(H2,29,30,34). The molecule has 35 heavy (non-hydrogen) atoms. The Morgan fingerprint density at radius 2 is 1.63 bits per heavy atom. The largest absolute Gasteiger partial charge is 0.487 e. The predicted octanol–water partition coefficient (Wildman–Crippen LogP) is 5.09. The first kappa shape index (κ1) is 24.5. The number of carbonyl (C=O) groups is 2. The summed E-state index contributed by atoms with van der Waals surface area (Å²) in [6, 6.07) is 17.3. The Morgan fingerprint density at radius 1 is 0.943 bits per heavy atom. The summed E-state index contributed by atoms with van der Waals surface area (Å²) in [5.74, 6) is 0.0740. The lowest BCUT2D eigenvalue weighted by Crippen LogP contribution is -2.47. The highest BCUT2D eigenvalue weighted by Gasteiger charge is 2.20. The third-order valence-electron chi connectivity index (χ3n) is 5.65. The number of benzene rings is 3. The minimum Gasteiger partial charge on any atom is -0.487 e. The van der Waals surface area contributed by atoms with Gasteiger partial charge >= 0.3 is 6.03 Å². The first-order valence-corrected chi connectivity index (χ1v) is 11.6. The zero-order valence-corrected chi connectivity index (χ0v) is 20.0. The van der Waals surface area contributed by atoms with Crippen molar-refractivity contribution in [3.8, 4) is 5.75 Å². The molecule has 1 saturated heterocycles. The molecule has 3 aromatic rings. The number of piperazine rings is 1. The summed E-state index contributed by atoms with van der Waals surface area (Å²) >= 11 is 6.28. The van der Waals surface area contributed by atoms with Crippen LogP contribution in [0.25, 0.3) is 0 Å². The second-order valence-electron chi connectivity index (χ2n) is 8.32. The van der Waals surface area contributed by atoms with Crippen LogP contribution in [0.15, 0.2) is 66.7 Å². The van der Waals surface area contributed by atoms with E-state index < -0.39 is 6.03 Å². The number of likely N-dealkylation sites (N-methyl/N-ethyl adjacent to an activating group) is 1. The molecular formula is C26H26ClFN4O3. The molecule has 1 heterocycles. The molecule has 9 heteroatoms. The number of urea groups is 1. The average molecular weight is 497 g/mol. The Labute approximate surface area is 208 Å². The van der Waals surface area contributed by atoms with Crippen molar-refractivity contribution in [1.82, 2.24) is 9.80 Å². The fourth-order valence-corrected chi connectivity index (χ4v) is 3.90. The van der Waals surface area contributed by atoms with E-state index in [0.29, 0.717) is 46.4 Å². The number of nitrogens with one attached hydrogen (secondary N) is 2. The van der Waals surface area contributed by atoms with Gasteiger partial charge in [0.1, 0.15) is 18.2 Å². The highest BCUT2D eigenvalue weighted by atomic mass is 35.5. The van der Waals surface area contributed by atoms with Crippen molar-refractivity contribution in [2.45, 2.75) is 6.61 Å². The van der Waals surface area contributed by atoms with E-state index in [1.807, 2.05) is 11.9 Å². The topological polar surface area (TPSA) is 73.9 Å². The Morgan fingerprint density at radius 3 is 2.31 bits per heavy atom. The van der Waals surface area contributed by atoms with Gasteiger partial charge in [0, 0.05) is 43.1 Å². The van der Waals surface area contributed by atoms with Crippen LogP contribution in [0.4, 0.5) is 20.6 Å². The maximum atomic E-state index is 13.3. The SMILES string of the molecule is CN1CCN(C(=O)c2ccc(NC(=O)Nc3ccc(OCc4cccc(F)c4)c(Cl)c3)cc2)CC1. The smallest absolute Gasteiger partial charge is 0.323 e. The van der Waals surface area contributed by atoms with Gasteiger partial charge in [-0.3, -0.25) is 4.79 Å². The van der Waals surface area contributed by atoms with Crippen LogP contribution < -0.4 is 15.4 Å². The fourth-order valence-electron chi connectivity index (χ4n) is 3.67. The van der Waals surface area contributed by atoms with Gasteiger partial charge in [-0.15, -0.1) is 0 Å². The van der Waals surface area contributed by atoms with Gasteiger partial charge in [0.15, 0.2) is 0 Å². The molecule has 0 saturated carbocycles. The van der Waals surface area contributed by atoms with E-state index in [0.717, 1.165) is 13.1 Å². The Hall–Kier alpha value is -3.62. The number of rotatable bonds is 6. The van der Waals surface area contributed by atoms with Crippen LogP contribution in [-0.4, -0.2) is 55.0 Å². The molecule has 4 rings (SSSR count). The summed E-state index contributed by atoms with van der Waals surface area (Å²) in [6.45, 7) is 3.29. The molecule has 0 radical (unpaired) electrons. The summed E-state index contributed by atoms with van der Waals surface area (Å²) in [5.41, 5.74) is 2.30. The molecule has 0 aliphatic carbocycles. The number of hydrogen-bond donors (Lipinski definition) is 2. The van der Waals surface area contributed by atoms with E-state index in [9.17, 15) is 14.0 Å². The van der Waals surface area contributed by atoms with E-state index >= 15 is 0 Å². The van der Waals surface area contributed by atoms with Crippen LogP contribution in [0.2, 0.25) is 5.02 Å². The molecule has 182 valence electrons. The van der Waals surface area contributed by atoms with Crippen molar-refractivity contribution < 1.29 is 18.7 Å². The normalized spacial score (nSPS) is 13.9. The van der Waals surface area contributed by atoms with Crippen LogP contribution in [0.1, 0.15) is 15.9 Å². The van der Waals surface area contributed by atoms with E-state index in [1.165, 1.54) is 12.1 Å². The monoisotopic (exact) mass is 496 g/mol. The lowest BCUT2D eigenvalue weighted by Gasteiger charge is -2.32. The quantitative estimate of drug-likeness (QED) is 0.498. The molecule has 2 N–H and O–H groups in total. The molecule has 7 nitrogen and oxygen atoms in total. The van der Waals surface area contributed by atoms with Gasteiger partial charge in [-0.1, -0.05) is 23.7 Å². The van der Waals surface area contributed by atoms with Crippen LogP contribution in [0.5, 0.6) is 5.75 Å². The Kier molecular flexibility index (Phi) is 7.84. The minimum absolute atomic E-state index is 0.0107. The fraction of sp³-hybridized carbons (Fsp3) is 0.231. The van der Waals surface area contributed by atoms with Gasteiger partial charge in [0.2, 0.25) is 0 Å². The van der Waals surface area contributed by atoms with Crippen LogP contribution in [0.3, 0.4) is 0 Å². The maximum absolute atomic E-state index is 13.3. The summed E-state index contributed by atoms with van der Waals surface area (Å²) < 4.78 is 19.0. The zero-order valence-electron chi connectivity index (χ0n) is 19.3. The van der Waals surface area contributed by atoms with Crippen molar-refractivity contribution in [2.24, 2.45) is 0 Å². The molecule has 3 amide bonds. The summed E-state index contributed by atoms with van der Waals surface area (Å²) in [5, 5.41) is 5.76. The second kappa shape index (κ2) is 11.2. The number of amides is 3. The minimum atomic E-state index is -0.451. The Balaban J connectivity index is 1.29. The van der Waals surface area contributed by atoms with E-state index in [2.05, 4.69) is 15.5 Å². The average Bonchev–Trinajstić information content (AvgIpc) is 2.84. The van der Waals surface area contributed by atoms with Gasteiger partial charge in [-0.05, 0) is 67.2 Å². The molecule has 1 aliphatic rings. The zero-order chi connectivity index (χ0) is 24.8. The molecule has 0 aromatic heterocycles.